The predicted octanol–water partition coefficient (Wildman–Crippen LogP) is 2.41. The van der Waals surface area contributed by atoms with Gasteiger partial charge in [-0.2, -0.15) is 0 Å². The number of hydrogen-bond acceptors (Lipinski definition) is 4. The molecular weight excluding hydrogens is 342 g/mol. The summed E-state index contributed by atoms with van der Waals surface area (Å²) < 4.78 is 29.2. The highest BCUT2D eigenvalue weighted by Gasteiger charge is 2.17. The normalized spacial score (nSPS) is 13.2. The van der Waals surface area contributed by atoms with E-state index in [1.807, 2.05) is 18.2 Å². The highest BCUT2D eigenvalue weighted by atomic mass is 79.9. The van der Waals surface area contributed by atoms with Crippen molar-refractivity contribution in [1.29, 1.82) is 0 Å². The minimum absolute atomic E-state index is 0.0895. The van der Waals surface area contributed by atoms with Crippen LogP contribution >= 0.6 is 15.9 Å². The van der Waals surface area contributed by atoms with Crippen LogP contribution in [-0.2, 0) is 16.3 Å². The molecule has 0 bridgehead atoms. The van der Waals surface area contributed by atoms with E-state index in [9.17, 15) is 8.42 Å². The van der Waals surface area contributed by atoms with Gasteiger partial charge >= 0.3 is 0 Å². The molecule has 0 fully saturated rings. The van der Waals surface area contributed by atoms with Crippen molar-refractivity contribution in [2.75, 3.05) is 25.7 Å². The lowest BCUT2D eigenvalue weighted by atomic mass is 10.1. The monoisotopic (exact) mass is 363 g/mol. The van der Waals surface area contributed by atoms with Gasteiger partial charge in [0, 0.05) is 16.8 Å². The van der Waals surface area contributed by atoms with Crippen LogP contribution in [0.5, 0.6) is 5.75 Å². The molecule has 6 heteroatoms. The van der Waals surface area contributed by atoms with Crippen molar-refractivity contribution in [3.8, 4) is 5.75 Å². The first-order valence-electron chi connectivity index (χ1n) is 6.59. The van der Waals surface area contributed by atoms with Gasteiger partial charge in [0.1, 0.15) is 15.6 Å². The van der Waals surface area contributed by atoms with Gasteiger partial charge < -0.3 is 10.1 Å². The zero-order valence-corrected chi connectivity index (χ0v) is 14.6. The molecular formula is C14H22BrNO3S. The fourth-order valence-electron chi connectivity index (χ4n) is 2.00. The Labute approximate surface area is 130 Å². The van der Waals surface area contributed by atoms with Crippen molar-refractivity contribution in [2.24, 2.45) is 0 Å². The molecule has 4 nitrogen and oxygen atoms in total. The summed E-state index contributed by atoms with van der Waals surface area (Å²) in [5, 5.41) is 3.30. The molecule has 0 aliphatic heterocycles. The minimum atomic E-state index is -3.01. The van der Waals surface area contributed by atoms with Crippen LogP contribution in [0.3, 0.4) is 0 Å². The maximum atomic E-state index is 11.5. The molecule has 0 heterocycles. The highest BCUT2D eigenvalue weighted by molar-refractivity contribution is 9.10. The Kier molecular flexibility index (Phi) is 6.99. The first-order valence-corrected chi connectivity index (χ1v) is 9.44. The molecule has 0 aromatic heterocycles. The van der Waals surface area contributed by atoms with Gasteiger partial charge in [0.2, 0.25) is 0 Å². The van der Waals surface area contributed by atoms with Gasteiger partial charge in [-0.3, -0.25) is 0 Å². The molecule has 20 heavy (non-hydrogen) atoms. The molecule has 1 aromatic carbocycles. The smallest absolute Gasteiger partial charge is 0.148 e. The maximum absolute atomic E-state index is 11.5. The van der Waals surface area contributed by atoms with Gasteiger partial charge in [-0.15, -0.1) is 0 Å². The summed E-state index contributed by atoms with van der Waals surface area (Å²) in [4.78, 5) is 0. The van der Waals surface area contributed by atoms with E-state index in [0.29, 0.717) is 6.42 Å². The van der Waals surface area contributed by atoms with Crippen molar-refractivity contribution in [2.45, 2.75) is 25.8 Å². The molecule has 1 unspecified atom stereocenters. The molecule has 1 N–H and O–H groups in total. The van der Waals surface area contributed by atoms with Crippen molar-refractivity contribution < 1.29 is 13.2 Å². The summed E-state index contributed by atoms with van der Waals surface area (Å²) >= 11 is 3.50. The van der Waals surface area contributed by atoms with E-state index in [1.165, 1.54) is 6.26 Å². The zero-order valence-electron chi connectivity index (χ0n) is 12.1. The lowest BCUT2D eigenvalue weighted by Gasteiger charge is -2.19. The number of halogens is 1. The van der Waals surface area contributed by atoms with E-state index in [2.05, 4.69) is 28.2 Å². The molecule has 0 aliphatic rings. The van der Waals surface area contributed by atoms with Crippen LogP contribution in [0, 0.1) is 0 Å². The quantitative estimate of drug-likeness (QED) is 0.770. The largest absolute Gasteiger partial charge is 0.497 e. The van der Waals surface area contributed by atoms with E-state index >= 15 is 0 Å². The summed E-state index contributed by atoms with van der Waals surface area (Å²) in [5.41, 5.74) is 1.04. The van der Waals surface area contributed by atoms with Gasteiger partial charge in [0.15, 0.2) is 0 Å². The van der Waals surface area contributed by atoms with E-state index in [1.54, 1.807) is 7.11 Å². The Balaban J connectivity index is 2.87. The second-order valence-corrected chi connectivity index (χ2v) is 7.94. The summed E-state index contributed by atoms with van der Waals surface area (Å²) in [6.45, 7) is 2.87. The molecule has 1 rings (SSSR count). The van der Waals surface area contributed by atoms with E-state index in [4.69, 9.17) is 4.74 Å². The number of methoxy groups -OCH3 is 1. The van der Waals surface area contributed by atoms with E-state index < -0.39 is 9.84 Å². The molecule has 0 aliphatic carbocycles. The molecule has 1 aromatic rings. The first kappa shape index (κ1) is 17.5. The fourth-order valence-corrected chi connectivity index (χ4v) is 3.38. The lowest BCUT2D eigenvalue weighted by Crippen LogP contribution is -2.37. The predicted molar refractivity (Wildman–Crippen MR) is 86.2 cm³/mol. The SMILES string of the molecule is CCCNC(Cc1cc(OC)ccc1Br)CS(C)(=O)=O. The zero-order chi connectivity index (χ0) is 15.2. The Morgan fingerprint density at radius 2 is 2.10 bits per heavy atom. The summed E-state index contributed by atoms with van der Waals surface area (Å²) in [5.74, 6) is 0.910. The standard InChI is InChI=1S/C14H22BrNO3S/c1-4-7-16-12(10-20(3,17)18)8-11-9-13(19-2)5-6-14(11)15/h5-6,9,12,16H,4,7-8,10H2,1-3H3. The van der Waals surface area contributed by atoms with Crippen LogP contribution < -0.4 is 10.1 Å². The molecule has 114 valence electrons. The second-order valence-electron chi connectivity index (χ2n) is 4.90. The highest BCUT2D eigenvalue weighted by Crippen LogP contribution is 2.23. The van der Waals surface area contributed by atoms with Gasteiger partial charge in [0.05, 0.1) is 12.9 Å². The summed E-state index contributed by atoms with van der Waals surface area (Å²) in [7, 11) is -1.39. The number of nitrogens with one attached hydrogen (secondary N) is 1. The van der Waals surface area contributed by atoms with Crippen LogP contribution in [0.4, 0.5) is 0 Å². The maximum Gasteiger partial charge on any atom is 0.148 e. The fraction of sp³-hybridized carbons (Fsp3) is 0.571. The van der Waals surface area contributed by atoms with E-state index in [-0.39, 0.29) is 11.8 Å². The Morgan fingerprint density at radius 1 is 1.40 bits per heavy atom. The molecule has 0 amide bonds. The lowest BCUT2D eigenvalue weighted by molar-refractivity contribution is 0.413. The summed E-state index contributed by atoms with van der Waals surface area (Å²) in [6, 6.07) is 5.64. The van der Waals surface area contributed by atoms with Crippen LogP contribution in [0.1, 0.15) is 18.9 Å². The van der Waals surface area contributed by atoms with Crippen LogP contribution in [-0.4, -0.2) is 40.1 Å². The summed E-state index contributed by atoms with van der Waals surface area (Å²) in [6.07, 6.45) is 2.89. The van der Waals surface area contributed by atoms with Crippen LogP contribution in [0.2, 0.25) is 0 Å². The van der Waals surface area contributed by atoms with Gasteiger partial charge in [-0.05, 0) is 43.1 Å². The molecule has 0 radical (unpaired) electrons. The second kappa shape index (κ2) is 8.00. The molecule has 0 spiro atoms. The van der Waals surface area contributed by atoms with Crippen molar-refractivity contribution >= 4 is 25.8 Å². The van der Waals surface area contributed by atoms with Crippen LogP contribution in [0.25, 0.3) is 0 Å². The average Bonchev–Trinajstić information content (AvgIpc) is 2.36. The van der Waals surface area contributed by atoms with Gasteiger partial charge in [-0.25, -0.2) is 8.42 Å². The Bertz CT molecular complexity index is 531. The number of rotatable bonds is 8. The van der Waals surface area contributed by atoms with Gasteiger partial charge in [0.25, 0.3) is 0 Å². The first-order chi connectivity index (χ1) is 9.35. The number of sulfone groups is 1. The molecule has 0 saturated heterocycles. The Morgan fingerprint density at radius 3 is 2.65 bits per heavy atom. The molecule has 1 atom stereocenters. The Hall–Kier alpha value is -0.590. The van der Waals surface area contributed by atoms with Crippen molar-refractivity contribution in [1.82, 2.24) is 5.32 Å². The third kappa shape index (κ3) is 6.24. The number of hydrogen-bond donors (Lipinski definition) is 1. The van der Waals surface area contributed by atoms with Crippen molar-refractivity contribution in [3.63, 3.8) is 0 Å². The average molecular weight is 364 g/mol. The van der Waals surface area contributed by atoms with Gasteiger partial charge in [-0.1, -0.05) is 22.9 Å². The van der Waals surface area contributed by atoms with Crippen LogP contribution in [0.15, 0.2) is 22.7 Å². The number of benzene rings is 1. The molecule has 0 saturated carbocycles. The topological polar surface area (TPSA) is 55.4 Å². The third-order valence-electron chi connectivity index (χ3n) is 2.91. The third-order valence-corrected chi connectivity index (χ3v) is 4.69. The number of ether oxygens (including phenoxy) is 1. The van der Waals surface area contributed by atoms with E-state index in [0.717, 1.165) is 28.8 Å². The minimum Gasteiger partial charge on any atom is -0.497 e. The van der Waals surface area contributed by atoms with Crippen molar-refractivity contribution in [3.05, 3.63) is 28.2 Å².